The number of hydrogen-bond acceptors (Lipinski definition) is 2. The first-order valence-electron chi connectivity index (χ1n) is 7.07. The van der Waals surface area contributed by atoms with Crippen molar-refractivity contribution in [3.63, 3.8) is 0 Å². The molecule has 3 aromatic rings. The first-order valence-corrected chi connectivity index (χ1v) is 8.27. The summed E-state index contributed by atoms with van der Waals surface area (Å²) in [4.78, 5) is 15.1. The molecule has 0 spiro atoms. The zero-order chi connectivity index (χ0) is 14.4. The van der Waals surface area contributed by atoms with Gasteiger partial charge in [-0.3, -0.25) is 4.79 Å². The highest BCUT2D eigenvalue weighted by molar-refractivity contribution is 7.14. The van der Waals surface area contributed by atoms with Crippen molar-refractivity contribution in [1.29, 1.82) is 0 Å². The lowest BCUT2D eigenvalue weighted by molar-refractivity contribution is 0.104. The van der Waals surface area contributed by atoms with E-state index in [4.69, 9.17) is 11.6 Å². The molecule has 1 heterocycles. The minimum atomic E-state index is 0.113. The highest BCUT2D eigenvalue weighted by atomic mass is 35.5. The zero-order valence-corrected chi connectivity index (χ0v) is 12.9. The monoisotopic (exact) mass is 312 g/mol. The van der Waals surface area contributed by atoms with E-state index in [1.807, 2.05) is 36.4 Å². The van der Waals surface area contributed by atoms with Crippen molar-refractivity contribution >= 4 is 39.5 Å². The lowest BCUT2D eigenvalue weighted by atomic mass is 10.0. The van der Waals surface area contributed by atoms with Crippen molar-refractivity contribution in [1.82, 2.24) is 0 Å². The number of carbonyl (C=O) groups excluding carboxylic acids is 1. The van der Waals surface area contributed by atoms with Crippen LogP contribution in [0.3, 0.4) is 0 Å². The second-order valence-corrected chi connectivity index (χ2v) is 6.93. The smallest absolute Gasteiger partial charge is 0.203 e. The lowest BCUT2D eigenvalue weighted by Crippen LogP contribution is -2.00. The van der Waals surface area contributed by atoms with Crippen molar-refractivity contribution in [2.24, 2.45) is 0 Å². The number of carbonyl (C=O) groups is 1. The molecule has 0 radical (unpaired) electrons. The Morgan fingerprint density at radius 2 is 1.86 bits per heavy atom. The van der Waals surface area contributed by atoms with Gasteiger partial charge in [-0.1, -0.05) is 35.9 Å². The van der Waals surface area contributed by atoms with E-state index >= 15 is 0 Å². The first kappa shape index (κ1) is 13.1. The number of aryl methyl sites for hydroxylation is 2. The third-order valence-electron chi connectivity index (χ3n) is 4.09. The van der Waals surface area contributed by atoms with Crippen LogP contribution in [0.4, 0.5) is 0 Å². The van der Waals surface area contributed by atoms with Crippen LogP contribution >= 0.6 is 22.9 Å². The molecular formula is C18H13ClOS. The average Bonchev–Trinajstić information content (AvgIpc) is 3.08. The van der Waals surface area contributed by atoms with Crippen LogP contribution in [-0.4, -0.2) is 5.78 Å². The fourth-order valence-corrected chi connectivity index (χ4v) is 4.47. The van der Waals surface area contributed by atoms with Crippen LogP contribution in [0.2, 0.25) is 5.02 Å². The summed E-state index contributed by atoms with van der Waals surface area (Å²) in [7, 11) is 0. The molecule has 0 fully saturated rings. The van der Waals surface area contributed by atoms with Gasteiger partial charge in [0.2, 0.25) is 5.78 Å². The normalized spacial score (nSPS) is 13.6. The van der Waals surface area contributed by atoms with Gasteiger partial charge in [0.05, 0.1) is 4.88 Å². The Hall–Kier alpha value is -1.64. The quantitative estimate of drug-likeness (QED) is 0.589. The van der Waals surface area contributed by atoms with E-state index in [1.54, 1.807) is 11.3 Å². The molecule has 0 saturated carbocycles. The van der Waals surface area contributed by atoms with Crippen LogP contribution < -0.4 is 0 Å². The van der Waals surface area contributed by atoms with E-state index in [0.717, 1.165) is 34.1 Å². The number of benzene rings is 2. The highest BCUT2D eigenvalue weighted by Gasteiger charge is 2.20. The molecule has 1 nitrogen and oxygen atoms in total. The van der Waals surface area contributed by atoms with Crippen molar-refractivity contribution in [3.8, 4) is 0 Å². The van der Waals surface area contributed by atoms with E-state index in [9.17, 15) is 4.79 Å². The number of rotatable bonds is 2. The largest absolute Gasteiger partial charge is 0.288 e. The Bertz CT molecular complexity index is 841. The third-order valence-corrected chi connectivity index (χ3v) is 5.65. The molecule has 0 aliphatic heterocycles. The van der Waals surface area contributed by atoms with Gasteiger partial charge in [-0.25, -0.2) is 0 Å². The van der Waals surface area contributed by atoms with Crippen LogP contribution in [0.5, 0.6) is 0 Å². The van der Waals surface area contributed by atoms with Gasteiger partial charge in [0.1, 0.15) is 0 Å². The molecule has 0 atom stereocenters. The first-order chi connectivity index (χ1) is 10.2. The Labute approximate surface area is 132 Å². The molecule has 1 aliphatic rings. The van der Waals surface area contributed by atoms with Crippen LogP contribution in [0.15, 0.2) is 42.5 Å². The molecule has 2 aromatic carbocycles. The van der Waals surface area contributed by atoms with Gasteiger partial charge < -0.3 is 0 Å². The molecule has 4 rings (SSSR count). The molecular weight excluding hydrogens is 300 g/mol. The van der Waals surface area contributed by atoms with Crippen LogP contribution in [0.25, 0.3) is 10.8 Å². The fourth-order valence-electron chi connectivity index (χ4n) is 3.03. The molecule has 0 N–H and O–H groups in total. The van der Waals surface area contributed by atoms with E-state index < -0.39 is 0 Å². The molecule has 3 heteroatoms. The average molecular weight is 313 g/mol. The van der Waals surface area contributed by atoms with Gasteiger partial charge in [-0.05, 0) is 48.4 Å². The number of ketones is 1. The number of fused-ring (bicyclic) bond motifs is 2. The maximum atomic E-state index is 12.8. The Morgan fingerprint density at radius 1 is 1.05 bits per heavy atom. The van der Waals surface area contributed by atoms with Crippen molar-refractivity contribution in [2.75, 3.05) is 0 Å². The summed E-state index contributed by atoms with van der Waals surface area (Å²) in [6.45, 7) is 0. The van der Waals surface area contributed by atoms with E-state index in [0.29, 0.717) is 5.02 Å². The standard InChI is InChI=1S/C18H13ClOS/c19-15-9-8-14(12-5-1-2-6-13(12)15)18(20)17-10-11-4-3-7-16(11)21-17/h1-2,5-6,8-10H,3-4,7H2. The van der Waals surface area contributed by atoms with E-state index in [-0.39, 0.29) is 5.78 Å². The maximum Gasteiger partial charge on any atom is 0.203 e. The van der Waals surface area contributed by atoms with Gasteiger partial charge in [-0.2, -0.15) is 0 Å². The second kappa shape index (κ2) is 4.97. The Balaban J connectivity index is 1.86. The van der Waals surface area contributed by atoms with Crippen LogP contribution in [0.1, 0.15) is 32.1 Å². The molecule has 0 bridgehead atoms. The highest BCUT2D eigenvalue weighted by Crippen LogP contribution is 2.34. The Morgan fingerprint density at radius 3 is 2.67 bits per heavy atom. The Kier molecular flexibility index (Phi) is 3.09. The second-order valence-electron chi connectivity index (χ2n) is 5.38. The third kappa shape index (κ3) is 2.10. The predicted octanol–water partition coefficient (Wildman–Crippen LogP) is 5.27. The zero-order valence-electron chi connectivity index (χ0n) is 11.4. The number of hydrogen-bond donors (Lipinski definition) is 0. The van der Waals surface area contributed by atoms with Gasteiger partial charge in [0, 0.05) is 20.8 Å². The van der Waals surface area contributed by atoms with Crippen molar-refractivity contribution in [3.05, 3.63) is 68.4 Å². The SMILES string of the molecule is O=C(c1cc2c(s1)CCC2)c1ccc(Cl)c2ccccc12. The van der Waals surface area contributed by atoms with Gasteiger partial charge in [-0.15, -0.1) is 11.3 Å². The van der Waals surface area contributed by atoms with E-state index in [1.165, 1.54) is 16.9 Å². The summed E-state index contributed by atoms with van der Waals surface area (Å²) in [5.41, 5.74) is 2.11. The van der Waals surface area contributed by atoms with Gasteiger partial charge in [0.15, 0.2) is 0 Å². The summed E-state index contributed by atoms with van der Waals surface area (Å²) in [5, 5.41) is 2.56. The molecule has 21 heavy (non-hydrogen) atoms. The summed E-state index contributed by atoms with van der Waals surface area (Å²) in [6, 6.07) is 13.6. The fraction of sp³-hybridized carbons (Fsp3) is 0.167. The van der Waals surface area contributed by atoms with Crippen molar-refractivity contribution < 1.29 is 4.79 Å². The minimum absolute atomic E-state index is 0.113. The van der Waals surface area contributed by atoms with Crippen LogP contribution in [0, 0.1) is 0 Å². The summed E-state index contributed by atoms with van der Waals surface area (Å²) in [5.74, 6) is 0.113. The molecule has 0 unspecified atom stereocenters. The summed E-state index contributed by atoms with van der Waals surface area (Å²) >= 11 is 7.89. The number of thiophene rings is 1. The maximum absolute atomic E-state index is 12.8. The summed E-state index contributed by atoms with van der Waals surface area (Å²) < 4.78 is 0. The lowest BCUT2D eigenvalue weighted by Gasteiger charge is -2.06. The minimum Gasteiger partial charge on any atom is -0.288 e. The summed E-state index contributed by atoms with van der Waals surface area (Å²) in [6.07, 6.45) is 3.45. The molecule has 1 aliphatic carbocycles. The number of halogens is 1. The molecule has 0 saturated heterocycles. The van der Waals surface area contributed by atoms with Crippen LogP contribution in [-0.2, 0) is 12.8 Å². The van der Waals surface area contributed by atoms with Gasteiger partial charge in [0.25, 0.3) is 0 Å². The van der Waals surface area contributed by atoms with Crippen molar-refractivity contribution in [2.45, 2.75) is 19.3 Å². The predicted molar refractivity (Wildman–Crippen MR) is 88.7 cm³/mol. The van der Waals surface area contributed by atoms with Gasteiger partial charge >= 0.3 is 0 Å². The van der Waals surface area contributed by atoms with E-state index in [2.05, 4.69) is 6.07 Å². The molecule has 104 valence electrons. The molecule has 1 aromatic heterocycles. The molecule has 0 amide bonds. The topological polar surface area (TPSA) is 17.1 Å².